The molecule has 110 valence electrons. The summed E-state index contributed by atoms with van der Waals surface area (Å²) in [6, 6.07) is 15.6. The van der Waals surface area contributed by atoms with Crippen LogP contribution in [0.25, 0.3) is 0 Å². The van der Waals surface area contributed by atoms with Crippen LogP contribution < -0.4 is 10.2 Å². The average Bonchev–Trinajstić information content (AvgIpc) is 2.47. The number of rotatable bonds is 2. The van der Waals surface area contributed by atoms with E-state index in [2.05, 4.69) is 29.3 Å². The van der Waals surface area contributed by atoms with Crippen molar-refractivity contribution in [3.05, 3.63) is 64.9 Å². The van der Waals surface area contributed by atoms with Gasteiger partial charge in [0.15, 0.2) is 0 Å². The second-order valence-electron chi connectivity index (χ2n) is 5.50. The fraction of sp³-hybridized carbons (Fsp3) is 0.294. The van der Waals surface area contributed by atoms with Crippen LogP contribution in [0.1, 0.15) is 18.5 Å². The van der Waals surface area contributed by atoms with Crippen LogP contribution in [0.2, 0.25) is 5.02 Å². The predicted molar refractivity (Wildman–Crippen MR) is 85.4 cm³/mol. The Morgan fingerprint density at radius 2 is 1.95 bits per heavy atom. The summed E-state index contributed by atoms with van der Waals surface area (Å²) in [6.07, 6.45) is 0. The molecule has 0 bridgehead atoms. The SMILES string of the molecule is CC1CNC(c2ccccc2)CN1c1cc(F)cc(Cl)c1. The molecule has 1 N–H and O–H groups in total. The molecule has 2 aromatic carbocycles. The summed E-state index contributed by atoms with van der Waals surface area (Å²) in [5.41, 5.74) is 2.09. The molecule has 0 spiro atoms. The smallest absolute Gasteiger partial charge is 0.126 e. The standard InChI is InChI=1S/C17H18ClFN2/c1-12-10-20-17(13-5-3-2-4-6-13)11-21(12)16-8-14(18)7-15(19)9-16/h2-9,12,17,20H,10-11H2,1H3. The lowest BCUT2D eigenvalue weighted by atomic mass is 10.0. The van der Waals surface area contributed by atoms with Gasteiger partial charge in [-0.1, -0.05) is 41.9 Å². The van der Waals surface area contributed by atoms with Gasteiger partial charge >= 0.3 is 0 Å². The average molecular weight is 305 g/mol. The van der Waals surface area contributed by atoms with Gasteiger partial charge in [-0.3, -0.25) is 0 Å². The van der Waals surface area contributed by atoms with E-state index in [1.165, 1.54) is 11.6 Å². The van der Waals surface area contributed by atoms with Crippen molar-refractivity contribution in [2.45, 2.75) is 19.0 Å². The number of benzene rings is 2. The van der Waals surface area contributed by atoms with Gasteiger partial charge in [-0.05, 0) is 30.7 Å². The Hall–Kier alpha value is -1.58. The summed E-state index contributed by atoms with van der Waals surface area (Å²) >= 11 is 5.99. The number of anilines is 1. The van der Waals surface area contributed by atoms with Gasteiger partial charge < -0.3 is 10.2 Å². The van der Waals surface area contributed by atoms with Crippen molar-refractivity contribution in [1.29, 1.82) is 0 Å². The van der Waals surface area contributed by atoms with E-state index in [0.717, 1.165) is 18.8 Å². The number of piperazine rings is 1. The third-order valence-corrected chi connectivity index (χ3v) is 4.17. The van der Waals surface area contributed by atoms with Gasteiger partial charge in [0, 0.05) is 35.9 Å². The van der Waals surface area contributed by atoms with Crippen LogP contribution in [0.3, 0.4) is 0 Å². The third kappa shape index (κ3) is 3.20. The summed E-state index contributed by atoms with van der Waals surface area (Å²) in [5, 5.41) is 3.98. The molecule has 0 aliphatic carbocycles. The molecular formula is C17H18ClFN2. The quantitative estimate of drug-likeness (QED) is 0.901. The molecule has 0 amide bonds. The Morgan fingerprint density at radius 3 is 2.67 bits per heavy atom. The first-order valence-electron chi connectivity index (χ1n) is 7.14. The maximum absolute atomic E-state index is 13.6. The van der Waals surface area contributed by atoms with Crippen molar-refractivity contribution >= 4 is 17.3 Å². The summed E-state index contributed by atoms with van der Waals surface area (Å²) in [7, 11) is 0. The fourth-order valence-corrected chi connectivity index (χ4v) is 3.05. The van der Waals surface area contributed by atoms with Crippen LogP contribution in [0.5, 0.6) is 0 Å². The second kappa shape index (κ2) is 6.04. The lowest BCUT2D eigenvalue weighted by Gasteiger charge is -2.40. The summed E-state index contributed by atoms with van der Waals surface area (Å²) in [5.74, 6) is -0.292. The van der Waals surface area contributed by atoms with Crippen LogP contribution in [0.15, 0.2) is 48.5 Å². The number of nitrogens with one attached hydrogen (secondary N) is 1. The summed E-state index contributed by atoms with van der Waals surface area (Å²) < 4.78 is 13.6. The molecule has 21 heavy (non-hydrogen) atoms. The Labute approximate surface area is 129 Å². The van der Waals surface area contributed by atoms with Gasteiger partial charge in [-0.2, -0.15) is 0 Å². The van der Waals surface area contributed by atoms with E-state index in [9.17, 15) is 4.39 Å². The van der Waals surface area contributed by atoms with E-state index in [4.69, 9.17) is 11.6 Å². The molecule has 4 heteroatoms. The van der Waals surface area contributed by atoms with Crippen molar-refractivity contribution in [3.8, 4) is 0 Å². The third-order valence-electron chi connectivity index (χ3n) is 3.95. The van der Waals surface area contributed by atoms with Gasteiger partial charge in [0.05, 0.1) is 0 Å². The van der Waals surface area contributed by atoms with Gasteiger partial charge in [-0.25, -0.2) is 4.39 Å². The Kier molecular flexibility index (Phi) is 4.13. The molecule has 1 aliphatic heterocycles. The number of nitrogens with zero attached hydrogens (tertiary/aromatic N) is 1. The number of halogens is 2. The lowest BCUT2D eigenvalue weighted by Crippen LogP contribution is -2.51. The molecule has 0 radical (unpaired) electrons. The Morgan fingerprint density at radius 1 is 1.19 bits per heavy atom. The normalized spacial score (nSPS) is 22.3. The van der Waals surface area contributed by atoms with Crippen LogP contribution >= 0.6 is 11.6 Å². The maximum atomic E-state index is 13.6. The minimum atomic E-state index is -0.292. The molecule has 3 rings (SSSR count). The monoisotopic (exact) mass is 304 g/mol. The maximum Gasteiger partial charge on any atom is 0.126 e. The molecule has 1 fully saturated rings. The molecule has 1 saturated heterocycles. The minimum absolute atomic E-state index is 0.240. The highest BCUT2D eigenvalue weighted by atomic mass is 35.5. The molecule has 2 aromatic rings. The predicted octanol–water partition coefficient (Wildman–Crippen LogP) is 4.02. The van der Waals surface area contributed by atoms with Crippen molar-refractivity contribution in [1.82, 2.24) is 5.32 Å². The van der Waals surface area contributed by atoms with Crippen molar-refractivity contribution in [3.63, 3.8) is 0 Å². The highest BCUT2D eigenvalue weighted by Crippen LogP contribution is 2.28. The first-order valence-corrected chi connectivity index (χ1v) is 7.52. The van der Waals surface area contributed by atoms with Gasteiger partial charge in [0.25, 0.3) is 0 Å². The van der Waals surface area contributed by atoms with Gasteiger partial charge in [0.2, 0.25) is 0 Å². The van der Waals surface area contributed by atoms with E-state index in [1.54, 1.807) is 6.07 Å². The van der Waals surface area contributed by atoms with E-state index >= 15 is 0 Å². The highest BCUT2D eigenvalue weighted by Gasteiger charge is 2.26. The summed E-state index contributed by atoms with van der Waals surface area (Å²) in [6.45, 7) is 3.78. The fourth-order valence-electron chi connectivity index (χ4n) is 2.84. The topological polar surface area (TPSA) is 15.3 Å². The molecule has 0 saturated carbocycles. The van der Waals surface area contributed by atoms with Crippen LogP contribution in [-0.4, -0.2) is 19.1 Å². The first kappa shape index (κ1) is 14.4. The largest absolute Gasteiger partial charge is 0.366 e. The Bertz CT molecular complexity index is 597. The summed E-state index contributed by atoms with van der Waals surface area (Å²) in [4.78, 5) is 2.21. The first-order chi connectivity index (χ1) is 10.1. The van der Waals surface area contributed by atoms with Crippen LogP contribution in [-0.2, 0) is 0 Å². The van der Waals surface area contributed by atoms with Crippen molar-refractivity contribution in [2.75, 3.05) is 18.0 Å². The Balaban J connectivity index is 1.87. The number of hydrogen-bond donors (Lipinski definition) is 1. The molecule has 2 unspecified atom stereocenters. The van der Waals surface area contributed by atoms with Crippen LogP contribution in [0.4, 0.5) is 10.1 Å². The highest BCUT2D eigenvalue weighted by molar-refractivity contribution is 6.30. The zero-order chi connectivity index (χ0) is 14.8. The molecule has 1 heterocycles. The molecular weight excluding hydrogens is 287 g/mol. The van der Waals surface area contributed by atoms with Crippen molar-refractivity contribution < 1.29 is 4.39 Å². The second-order valence-corrected chi connectivity index (χ2v) is 5.94. The van der Waals surface area contributed by atoms with E-state index in [1.807, 2.05) is 24.3 Å². The van der Waals surface area contributed by atoms with Gasteiger partial charge in [-0.15, -0.1) is 0 Å². The van der Waals surface area contributed by atoms with Crippen molar-refractivity contribution in [2.24, 2.45) is 0 Å². The number of hydrogen-bond acceptors (Lipinski definition) is 2. The lowest BCUT2D eigenvalue weighted by molar-refractivity contribution is 0.414. The minimum Gasteiger partial charge on any atom is -0.366 e. The van der Waals surface area contributed by atoms with Crippen LogP contribution in [0, 0.1) is 5.82 Å². The van der Waals surface area contributed by atoms with E-state index in [0.29, 0.717) is 11.1 Å². The zero-order valence-electron chi connectivity index (χ0n) is 11.9. The zero-order valence-corrected chi connectivity index (χ0v) is 12.6. The molecule has 2 nitrogen and oxygen atoms in total. The van der Waals surface area contributed by atoms with E-state index in [-0.39, 0.29) is 11.9 Å². The molecule has 0 aromatic heterocycles. The van der Waals surface area contributed by atoms with Gasteiger partial charge in [0.1, 0.15) is 5.82 Å². The van der Waals surface area contributed by atoms with E-state index < -0.39 is 0 Å². The molecule has 1 aliphatic rings. The molecule has 2 atom stereocenters.